The highest BCUT2D eigenvalue weighted by atomic mass is 79.9. The number of ether oxygens (including phenoxy) is 1. The molecule has 0 saturated heterocycles. The van der Waals surface area contributed by atoms with Crippen molar-refractivity contribution in [1.29, 1.82) is 0 Å². The molecule has 106 valence electrons. The molecule has 0 aliphatic rings. The third kappa shape index (κ3) is 3.19. The fraction of sp³-hybridized carbons (Fsp3) is 0.250. The zero-order valence-corrected chi connectivity index (χ0v) is 13.3. The van der Waals surface area contributed by atoms with Crippen molar-refractivity contribution in [3.05, 3.63) is 57.8 Å². The second kappa shape index (κ2) is 6.37. The Hall–Kier alpha value is -1.39. The van der Waals surface area contributed by atoms with Crippen LogP contribution in [0.3, 0.4) is 0 Å². The second-order valence-corrected chi connectivity index (χ2v) is 5.54. The van der Waals surface area contributed by atoms with E-state index in [1.165, 1.54) is 6.07 Å². The fourth-order valence-electron chi connectivity index (χ4n) is 1.90. The summed E-state index contributed by atoms with van der Waals surface area (Å²) in [5, 5.41) is 3.11. The summed E-state index contributed by atoms with van der Waals surface area (Å²) in [7, 11) is 1.84. The van der Waals surface area contributed by atoms with Crippen molar-refractivity contribution in [2.75, 3.05) is 7.05 Å². The first-order valence-electron chi connectivity index (χ1n) is 6.42. The number of nitrogens with one attached hydrogen (secondary N) is 1. The third-order valence-electron chi connectivity index (χ3n) is 3.25. The van der Waals surface area contributed by atoms with Crippen LogP contribution in [0.5, 0.6) is 11.5 Å². The molecule has 0 aliphatic carbocycles. The standard InChI is InChI=1S/C16H17BrFNO/c1-10-8-16(12(9-14(10)18)11(2)19-3)20-15-7-5-4-6-13(15)17/h4-9,11,19H,1-3H3. The zero-order valence-electron chi connectivity index (χ0n) is 11.7. The van der Waals surface area contributed by atoms with E-state index < -0.39 is 0 Å². The number of halogens is 2. The Morgan fingerprint density at radius 3 is 2.55 bits per heavy atom. The monoisotopic (exact) mass is 337 g/mol. The van der Waals surface area contributed by atoms with Crippen LogP contribution in [0.4, 0.5) is 4.39 Å². The Morgan fingerprint density at radius 2 is 1.90 bits per heavy atom. The van der Waals surface area contributed by atoms with E-state index in [4.69, 9.17) is 4.74 Å². The van der Waals surface area contributed by atoms with Gasteiger partial charge in [0.05, 0.1) is 4.47 Å². The highest BCUT2D eigenvalue weighted by Gasteiger charge is 2.15. The minimum Gasteiger partial charge on any atom is -0.456 e. The van der Waals surface area contributed by atoms with Gasteiger partial charge in [0, 0.05) is 11.6 Å². The van der Waals surface area contributed by atoms with Crippen LogP contribution in [-0.2, 0) is 0 Å². The molecule has 0 aliphatic heterocycles. The molecule has 0 heterocycles. The molecule has 0 fully saturated rings. The lowest BCUT2D eigenvalue weighted by molar-refractivity contribution is 0.459. The van der Waals surface area contributed by atoms with Crippen molar-refractivity contribution in [3.8, 4) is 11.5 Å². The highest BCUT2D eigenvalue weighted by Crippen LogP contribution is 2.34. The first-order chi connectivity index (χ1) is 9.52. The van der Waals surface area contributed by atoms with Gasteiger partial charge < -0.3 is 10.1 Å². The van der Waals surface area contributed by atoms with Crippen LogP contribution in [0, 0.1) is 12.7 Å². The third-order valence-corrected chi connectivity index (χ3v) is 3.90. The van der Waals surface area contributed by atoms with Crippen molar-refractivity contribution >= 4 is 15.9 Å². The van der Waals surface area contributed by atoms with Crippen LogP contribution in [-0.4, -0.2) is 7.05 Å². The average molecular weight is 338 g/mol. The summed E-state index contributed by atoms with van der Waals surface area (Å²) >= 11 is 3.45. The normalized spacial score (nSPS) is 12.2. The molecule has 20 heavy (non-hydrogen) atoms. The van der Waals surface area contributed by atoms with E-state index in [9.17, 15) is 4.39 Å². The number of para-hydroxylation sites is 1. The Morgan fingerprint density at radius 1 is 1.20 bits per heavy atom. The Labute approximate surface area is 127 Å². The van der Waals surface area contributed by atoms with Gasteiger partial charge in [-0.2, -0.15) is 0 Å². The first kappa shape index (κ1) is 15.0. The van der Waals surface area contributed by atoms with Crippen LogP contribution in [0.1, 0.15) is 24.1 Å². The molecule has 2 aromatic rings. The van der Waals surface area contributed by atoms with Crippen LogP contribution < -0.4 is 10.1 Å². The quantitative estimate of drug-likeness (QED) is 0.850. The largest absolute Gasteiger partial charge is 0.456 e. The van der Waals surface area contributed by atoms with Gasteiger partial charge in [0.25, 0.3) is 0 Å². The number of rotatable bonds is 4. The molecule has 0 aromatic heterocycles. The van der Waals surface area contributed by atoms with Gasteiger partial charge in [-0.1, -0.05) is 12.1 Å². The molecule has 4 heteroatoms. The molecule has 2 aromatic carbocycles. The van der Waals surface area contributed by atoms with Gasteiger partial charge in [-0.05, 0) is 66.7 Å². The fourth-order valence-corrected chi connectivity index (χ4v) is 2.26. The summed E-state index contributed by atoms with van der Waals surface area (Å²) in [5.41, 5.74) is 1.37. The lowest BCUT2D eigenvalue weighted by Gasteiger charge is -2.18. The molecular weight excluding hydrogens is 321 g/mol. The van der Waals surface area contributed by atoms with Gasteiger partial charge >= 0.3 is 0 Å². The van der Waals surface area contributed by atoms with Crippen LogP contribution in [0.2, 0.25) is 0 Å². The molecule has 1 atom stereocenters. The summed E-state index contributed by atoms with van der Waals surface area (Å²) in [5.74, 6) is 1.15. The molecule has 0 radical (unpaired) electrons. The summed E-state index contributed by atoms with van der Waals surface area (Å²) in [4.78, 5) is 0. The molecule has 2 rings (SSSR count). The SMILES string of the molecule is CNC(C)c1cc(F)c(C)cc1Oc1ccccc1Br. The minimum atomic E-state index is -0.221. The van der Waals surface area contributed by atoms with Crippen molar-refractivity contribution in [2.45, 2.75) is 19.9 Å². The predicted octanol–water partition coefficient (Wildman–Crippen LogP) is 4.97. The van der Waals surface area contributed by atoms with E-state index in [2.05, 4.69) is 21.2 Å². The maximum atomic E-state index is 13.8. The number of hydrogen-bond donors (Lipinski definition) is 1. The van der Waals surface area contributed by atoms with Gasteiger partial charge in [-0.25, -0.2) is 4.39 Å². The van der Waals surface area contributed by atoms with E-state index in [-0.39, 0.29) is 11.9 Å². The lowest BCUT2D eigenvalue weighted by atomic mass is 10.0. The molecular formula is C16H17BrFNO. The van der Waals surface area contributed by atoms with E-state index in [1.54, 1.807) is 13.0 Å². The summed E-state index contributed by atoms with van der Waals surface area (Å²) in [6.07, 6.45) is 0. The number of benzene rings is 2. The number of aryl methyl sites for hydroxylation is 1. The molecule has 0 bridgehead atoms. The Bertz CT molecular complexity index is 615. The van der Waals surface area contributed by atoms with Crippen molar-refractivity contribution in [1.82, 2.24) is 5.32 Å². The Balaban J connectivity index is 2.45. The smallest absolute Gasteiger partial charge is 0.141 e. The summed E-state index contributed by atoms with van der Waals surface area (Å²) < 4.78 is 20.6. The molecule has 2 nitrogen and oxygen atoms in total. The molecule has 1 unspecified atom stereocenters. The van der Waals surface area contributed by atoms with Gasteiger partial charge in [0.15, 0.2) is 0 Å². The maximum absolute atomic E-state index is 13.8. The van der Waals surface area contributed by atoms with Gasteiger partial charge in [0.1, 0.15) is 17.3 Å². The van der Waals surface area contributed by atoms with Crippen molar-refractivity contribution in [2.24, 2.45) is 0 Å². The second-order valence-electron chi connectivity index (χ2n) is 4.68. The van der Waals surface area contributed by atoms with Gasteiger partial charge in [-0.3, -0.25) is 0 Å². The van der Waals surface area contributed by atoms with E-state index >= 15 is 0 Å². The Kier molecular flexibility index (Phi) is 4.78. The van der Waals surface area contributed by atoms with Gasteiger partial charge in [-0.15, -0.1) is 0 Å². The molecule has 0 amide bonds. The van der Waals surface area contributed by atoms with Crippen LogP contribution >= 0.6 is 15.9 Å². The first-order valence-corrected chi connectivity index (χ1v) is 7.22. The molecule has 0 saturated carbocycles. The molecule has 0 spiro atoms. The van der Waals surface area contributed by atoms with Crippen molar-refractivity contribution in [3.63, 3.8) is 0 Å². The van der Waals surface area contributed by atoms with E-state index in [1.807, 2.05) is 38.2 Å². The summed E-state index contributed by atoms with van der Waals surface area (Å²) in [6.45, 7) is 3.70. The average Bonchev–Trinajstić information content (AvgIpc) is 2.44. The van der Waals surface area contributed by atoms with Crippen LogP contribution in [0.15, 0.2) is 40.9 Å². The van der Waals surface area contributed by atoms with E-state index in [0.717, 1.165) is 10.0 Å². The van der Waals surface area contributed by atoms with Gasteiger partial charge in [0.2, 0.25) is 0 Å². The number of hydrogen-bond acceptors (Lipinski definition) is 2. The summed E-state index contributed by atoms with van der Waals surface area (Å²) in [6, 6.07) is 10.9. The van der Waals surface area contributed by atoms with E-state index in [0.29, 0.717) is 17.1 Å². The molecule has 1 N–H and O–H groups in total. The predicted molar refractivity (Wildman–Crippen MR) is 82.8 cm³/mol. The maximum Gasteiger partial charge on any atom is 0.141 e. The van der Waals surface area contributed by atoms with Crippen molar-refractivity contribution < 1.29 is 9.13 Å². The zero-order chi connectivity index (χ0) is 14.7. The van der Waals surface area contributed by atoms with Crippen LogP contribution in [0.25, 0.3) is 0 Å². The highest BCUT2D eigenvalue weighted by molar-refractivity contribution is 9.10. The topological polar surface area (TPSA) is 21.3 Å². The minimum absolute atomic E-state index is 0.00240. The lowest BCUT2D eigenvalue weighted by Crippen LogP contribution is -2.13.